The van der Waals surface area contributed by atoms with Gasteiger partial charge in [-0.25, -0.2) is 4.99 Å². The molecule has 218 valence electrons. The number of ether oxygens (including phenoxy) is 2. The van der Waals surface area contributed by atoms with Crippen LogP contribution in [0.4, 0.5) is 0 Å². The van der Waals surface area contributed by atoms with Crippen LogP contribution in [0.3, 0.4) is 0 Å². The second-order valence-electron chi connectivity index (χ2n) is 9.47. The SMILES string of the molecule is CCN(CC)C(=O)C1=C(C)N=c2s/c(=C/c3ccc(-c4cccc(Cl)c4Cl)o3)c(=O)n2[C@H]1c1cc(OC)ccc1OC. The van der Waals surface area contributed by atoms with E-state index in [0.29, 0.717) is 77.9 Å². The third-order valence-corrected chi connectivity index (χ3v) is 8.95. The van der Waals surface area contributed by atoms with E-state index >= 15 is 0 Å². The van der Waals surface area contributed by atoms with E-state index in [9.17, 15) is 9.59 Å². The Morgan fingerprint density at radius 1 is 1.12 bits per heavy atom. The lowest BCUT2D eigenvalue weighted by Crippen LogP contribution is -2.43. The number of fused-ring (bicyclic) bond motifs is 1. The van der Waals surface area contributed by atoms with E-state index in [4.69, 9.17) is 42.1 Å². The van der Waals surface area contributed by atoms with Crippen LogP contribution >= 0.6 is 34.5 Å². The molecule has 2 aromatic carbocycles. The van der Waals surface area contributed by atoms with Crippen LogP contribution in [0.5, 0.6) is 11.5 Å². The van der Waals surface area contributed by atoms with Crippen molar-refractivity contribution in [2.24, 2.45) is 4.99 Å². The number of halogens is 2. The number of likely N-dealkylation sites (N-methyl/N-ethyl adjacent to an activating group) is 1. The quantitative estimate of drug-likeness (QED) is 0.251. The van der Waals surface area contributed by atoms with Crippen molar-refractivity contribution in [3.8, 4) is 22.8 Å². The average molecular weight is 627 g/mol. The molecule has 8 nitrogen and oxygen atoms in total. The molecular formula is C31H29Cl2N3O5S. The molecule has 0 saturated carbocycles. The summed E-state index contributed by atoms with van der Waals surface area (Å²) in [6, 6.07) is 13.4. The number of carbonyl (C=O) groups excluding carboxylic acids is 1. The van der Waals surface area contributed by atoms with Crippen LogP contribution in [0.1, 0.15) is 38.1 Å². The number of hydrogen-bond donors (Lipinski definition) is 0. The minimum Gasteiger partial charge on any atom is -0.497 e. The van der Waals surface area contributed by atoms with Crippen molar-refractivity contribution in [2.75, 3.05) is 27.3 Å². The van der Waals surface area contributed by atoms with E-state index in [2.05, 4.69) is 0 Å². The van der Waals surface area contributed by atoms with Gasteiger partial charge in [0.1, 0.15) is 29.1 Å². The molecule has 2 aromatic heterocycles. The number of thiazole rings is 1. The summed E-state index contributed by atoms with van der Waals surface area (Å²) < 4.78 is 19.2. The topological polar surface area (TPSA) is 86.3 Å². The standard InChI is InChI=1S/C31H29Cl2N3O5S/c1-6-35(7-2)30(38)26-17(3)34-31-36(28(26)21-15-18(39-4)11-13-23(21)40-5)29(37)25(42-31)16-19-12-14-24(41-19)20-9-8-10-22(32)27(20)33/h8-16,28H,6-7H2,1-5H3/b25-16+/t28-/m0/s1. The molecule has 3 heterocycles. The van der Waals surface area contributed by atoms with Crippen LogP contribution in [-0.2, 0) is 4.79 Å². The predicted octanol–water partition coefficient (Wildman–Crippen LogP) is 5.69. The van der Waals surface area contributed by atoms with Crippen molar-refractivity contribution in [3.05, 3.63) is 101 Å². The number of furan rings is 1. The van der Waals surface area contributed by atoms with Gasteiger partial charge in [0.2, 0.25) is 0 Å². The van der Waals surface area contributed by atoms with Crippen LogP contribution in [0.25, 0.3) is 17.4 Å². The summed E-state index contributed by atoms with van der Waals surface area (Å²) >= 11 is 13.8. The Balaban J connectivity index is 1.71. The summed E-state index contributed by atoms with van der Waals surface area (Å²) in [5.74, 6) is 1.86. The van der Waals surface area contributed by atoms with Crippen molar-refractivity contribution in [1.29, 1.82) is 0 Å². The normalized spacial score (nSPS) is 14.9. The molecule has 0 fully saturated rings. The van der Waals surface area contributed by atoms with Gasteiger partial charge in [-0.2, -0.15) is 0 Å². The maximum atomic E-state index is 14.1. The Hall–Kier alpha value is -3.79. The van der Waals surface area contributed by atoms with Crippen molar-refractivity contribution in [1.82, 2.24) is 9.47 Å². The molecule has 0 bridgehead atoms. The number of carbonyl (C=O) groups is 1. The zero-order chi connectivity index (χ0) is 30.1. The van der Waals surface area contributed by atoms with Gasteiger partial charge >= 0.3 is 0 Å². The van der Waals surface area contributed by atoms with Gasteiger partial charge in [0.05, 0.1) is 40.1 Å². The molecule has 1 aliphatic heterocycles. The number of amides is 1. The fraction of sp³-hybridized carbons (Fsp3) is 0.258. The first-order chi connectivity index (χ1) is 20.2. The molecule has 1 amide bonds. The van der Waals surface area contributed by atoms with E-state index in [-0.39, 0.29) is 11.5 Å². The summed E-state index contributed by atoms with van der Waals surface area (Å²) in [6.07, 6.45) is 1.66. The molecule has 4 aromatic rings. The fourth-order valence-electron chi connectivity index (χ4n) is 5.02. The highest BCUT2D eigenvalue weighted by Crippen LogP contribution is 2.38. The molecule has 0 saturated heterocycles. The number of methoxy groups -OCH3 is 2. The number of allylic oxidation sites excluding steroid dienone is 1. The molecule has 1 aliphatic rings. The molecule has 42 heavy (non-hydrogen) atoms. The molecule has 11 heteroatoms. The van der Waals surface area contributed by atoms with Gasteiger partial charge in [-0.1, -0.05) is 40.6 Å². The van der Waals surface area contributed by atoms with Gasteiger partial charge in [-0.05, 0) is 63.2 Å². The lowest BCUT2D eigenvalue weighted by molar-refractivity contribution is -0.127. The van der Waals surface area contributed by atoms with E-state index in [0.717, 1.165) is 0 Å². The number of hydrogen-bond acceptors (Lipinski definition) is 7. The first-order valence-corrected chi connectivity index (χ1v) is 14.9. The predicted molar refractivity (Wildman–Crippen MR) is 165 cm³/mol. The van der Waals surface area contributed by atoms with Crippen molar-refractivity contribution in [3.63, 3.8) is 0 Å². The third-order valence-electron chi connectivity index (χ3n) is 7.15. The highest BCUT2D eigenvalue weighted by Gasteiger charge is 2.36. The van der Waals surface area contributed by atoms with Crippen LogP contribution in [0.15, 0.2) is 74.0 Å². The summed E-state index contributed by atoms with van der Waals surface area (Å²) in [6.45, 7) is 6.65. The molecule has 1 atom stereocenters. The van der Waals surface area contributed by atoms with E-state index in [1.165, 1.54) is 11.3 Å². The van der Waals surface area contributed by atoms with Gasteiger partial charge in [0, 0.05) is 30.3 Å². The Morgan fingerprint density at radius 2 is 1.88 bits per heavy atom. The van der Waals surface area contributed by atoms with E-state index in [1.54, 1.807) is 79.2 Å². The third kappa shape index (κ3) is 5.28. The van der Waals surface area contributed by atoms with Gasteiger partial charge in [-0.15, -0.1) is 0 Å². The monoisotopic (exact) mass is 625 g/mol. The molecule has 0 N–H and O–H groups in total. The fourth-order valence-corrected chi connectivity index (χ4v) is 6.44. The van der Waals surface area contributed by atoms with Gasteiger partial charge < -0.3 is 18.8 Å². The van der Waals surface area contributed by atoms with Crippen molar-refractivity contribution >= 4 is 46.5 Å². The highest BCUT2D eigenvalue weighted by atomic mass is 35.5. The van der Waals surface area contributed by atoms with Crippen LogP contribution in [-0.4, -0.2) is 42.7 Å². The number of benzene rings is 2. The minimum absolute atomic E-state index is 0.195. The minimum atomic E-state index is -0.793. The Labute approximate surface area is 256 Å². The van der Waals surface area contributed by atoms with Crippen molar-refractivity contribution < 1.29 is 18.7 Å². The summed E-state index contributed by atoms with van der Waals surface area (Å²) in [7, 11) is 3.12. The van der Waals surface area contributed by atoms with Crippen LogP contribution < -0.4 is 24.4 Å². The molecule has 0 aliphatic carbocycles. The molecule has 0 unspecified atom stereocenters. The molecular weight excluding hydrogens is 597 g/mol. The average Bonchev–Trinajstić information content (AvgIpc) is 3.57. The Morgan fingerprint density at radius 3 is 2.57 bits per heavy atom. The Kier molecular flexibility index (Phi) is 8.63. The van der Waals surface area contributed by atoms with Crippen molar-refractivity contribution in [2.45, 2.75) is 26.8 Å². The first-order valence-electron chi connectivity index (χ1n) is 13.3. The van der Waals surface area contributed by atoms with Crippen LogP contribution in [0.2, 0.25) is 10.0 Å². The smallest absolute Gasteiger partial charge is 0.271 e. The lowest BCUT2D eigenvalue weighted by Gasteiger charge is -2.30. The maximum absolute atomic E-state index is 14.1. The Bertz CT molecular complexity index is 1880. The highest BCUT2D eigenvalue weighted by molar-refractivity contribution is 7.07. The second-order valence-corrected chi connectivity index (χ2v) is 11.3. The van der Waals surface area contributed by atoms with Gasteiger partial charge in [0.15, 0.2) is 4.80 Å². The van der Waals surface area contributed by atoms with E-state index < -0.39 is 6.04 Å². The number of nitrogens with zero attached hydrogens (tertiary/aromatic N) is 3. The summed E-state index contributed by atoms with van der Waals surface area (Å²) in [4.78, 5) is 34.9. The zero-order valence-electron chi connectivity index (χ0n) is 23.7. The second kappa shape index (κ2) is 12.2. The van der Waals surface area contributed by atoms with Crippen LogP contribution in [0, 0.1) is 0 Å². The molecule has 0 spiro atoms. The van der Waals surface area contributed by atoms with Gasteiger partial charge in [-0.3, -0.25) is 14.2 Å². The number of aromatic nitrogens is 1. The number of rotatable bonds is 8. The lowest BCUT2D eigenvalue weighted by atomic mass is 9.93. The zero-order valence-corrected chi connectivity index (χ0v) is 26.1. The maximum Gasteiger partial charge on any atom is 0.271 e. The molecule has 0 radical (unpaired) electrons. The van der Waals surface area contributed by atoms with E-state index in [1.807, 2.05) is 19.9 Å². The molecule has 5 rings (SSSR count). The largest absolute Gasteiger partial charge is 0.497 e. The first kappa shape index (κ1) is 29.7. The van der Waals surface area contributed by atoms with Gasteiger partial charge in [0.25, 0.3) is 11.5 Å². The summed E-state index contributed by atoms with van der Waals surface area (Å²) in [5.41, 5.74) is 1.88. The summed E-state index contributed by atoms with van der Waals surface area (Å²) in [5, 5.41) is 0.798.